The minimum Gasteiger partial charge on any atom is -0.508 e. The third kappa shape index (κ3) is 2.43. The van der Waals surface area contributed by atoms with Crippen LogP contribution in [0.1, 0.15) is 22.3 Å². The first kappa shape index (κ1) is 14.8. The Morgan fingerprint density at radius 3 is 2.86 bits per heavy atom. The number of hydrogen-bond acceptors (Lipinski definition) is 4. The number of ether oxygens (including phenoxy) is 1. The predicted octanol–water partition coefficient (Wildman–Crippen LogP) is 0.774. The van der Waals surface area contributed by atoms with Gasteiger partial charge in [0.05, 0.1) is 13.1 Å². The van der Waals surface area contributed by atoms with E-state index in [-0.39, 0.29) is 24.2 Å². The lowest BCUT2D eigenvalue weighted by Crippen LogP contribution is -2.54. The highest BCUT2D eigenvalue weighted by Gasteiger charge is 2.45. The van der Waals surface area contributed by atoms with Gasteiger partial charge in [-0.25, -0.2) is 0 Å². The molecule has 2 aliphatic heterocycles. The summed E-state index contributed by atoms with van der Waals surface area (Å²) >= 11 is 0. The summed E-state index contributed by atoms with van der Waals surface area (Å²) in [7, 11) is 1.76. The topological polar surface area (TPSA) is 70.1 Å². The lowest BCUT2D eigenvalue weighted by Gasteiger charge is -2.38. The molecular formula is C16H20N2O4. The largest absolute Gasteiger partial charge is 0.508 e. The summed E-state index contributed by atoms with van der Waals surface area (Å²) in [5, 5.41) is 9.76. The number of benzene rings is 1. The Morgan fingerprint density at radius 1 is 1.36 bits per heavy atom. The molecule has 0 bridgehead atoms. The van der Waals surface area contributed by atoms with Crippen molar-refractivity contribution in [1.82, 2.24) is 9.80 Å². The second-order valence-electron chi connectivity index (χ2n) is 6.15. The summed E-state index contributed by atoms with van der Waals surface area (Å²) in [5.41, 5.74) is 0.644. The summed E-state index contributed by atoms with van der Waals surface area (Å²) in [5.74, 6) is -0.00772. The highest BCUT2D eigenvalue weighted by molar-refractivity contribution is 5.96. The Bertz CT molecular complexity index is 631. The van der Waals surface area contributed by atoms with E-state index in [0.717, 1.165) is 0 Å². The van der Waals surface area contributed by atoms with Crippen molar-refractivity contribution in [2.24, 2.45) is 0 Å². The number of aromatic hydroxyl groups is 1. The summed E-state index contributed by atoms with van der Waals surface area (Å²) in [6.45, 7) is 3.38. The third-order valence-corrected chi connectivity index (χ3v) is 4.59. The van der Waals surface area contributed by atoms with Gasteiger partial charge in [0.1, 0.15) is 18.0 Å². The number of amides is 2. The first-order valence-electron chi connectivity index (χ1n) is 7.38. The van der Waals surface area contributed by atoms with Gasteiger partial charge in [0, 0.05) is 24.7 Å². The maximum atomic E-state index is 12.7. The molecule has 2 saturated heterocycles. The molecule has 6 heteroatoms. The van der Waals surface area contributed by atoms with Crippen LogP contribution in [-0.4, -0.2) is 65.6 Å². The quantitative estimate of drug-likeness (QED) is 0.832. The van der Waals surface area contributed by atoms with E-state index < -0.39 is 5.60 Å². The zero-order valence-electron chi connectivity index (χ0n) is 12.8. The van der Waals surface area contributed by atoms with Crippen molar-refractivity contribution in [2.45, 2.75) is 18.9 Å². The van der Waals surface area contributed by atoms with Crippen LogP contribution in [0, 0.1) is 6.92 Å². The number of morpholine rings is 1. The molecule has 1 aromatic carbocycles. The second kappa shape index (κ2) is 5.28. The van der Waals surface area contributed by atoms with Crippen LogP contribution in [0.3, 0.4) is 0 Å². The highest BCUT2D eigenvalue weighted by Crippen LogP contribution is 2.31. The molecule has 2 amide bonds. The van der Waals surface area contributed by atoms with Crippen molar-refractivity contribution < 1.29 is 19.4 Å². The standard InChI is InChI=1S/C16H20N2O4/c1-11-12(4-3-5-13(11)19)15(21)18-7-6-16(10-18)9-17(2)14(20)8-22-16/h3-5,19H,6-10H2,1-2H3. The number of carbonyl (C=O) groups is 2. The molecule has 0 aliphatic carbocycles. The molecule has 118 valence electrons. The zero-order chi connectivity index (χ0) is 15.9. The summed E-state index contributed by atoms with van der Waals surface area (Å²) < 4.78 is 5.74. The Balaban J connectivity index is 1.76. The van der Waals surface area contributed by atoms with Gasteiger partial charge in [0.25, 0.3) is 5.91 Å². The van der Waals surface area contributed by atoms with Crippen LogP contribution >= 0.6 is 0 Å². The number of likely N-dealkylation sites (tertiary alicyclic amines) is 1. The maximum Gasteiger partial charge on any atom is 0.254 e. The Morgan fingerprint density at radius 2 is 2.14 bits per heavy atom. The van der Waals surface area contributed by atoms with Crippen molar-refractivity contribution >= 4 is 11.8 Å². The average Bonchev–Trinajstić information content (AvgIpc) is 2.90. The van der Waals surface area contributed by atoms with Gasteiger partial charge >= 0.3 is 0 Å². The van der Waals surface area contributed by atoms with Gasteiger partial charge in [-0.2, -0.15) is 0 Å². The number of likely N-dealkylation sites (N-methyl/N-ethyl adjacent to an activating group) is 1. The molecule has 1 N–H and O–H groups in total. The van der Waals surface area contributed by atoms with Crippen LogP contribution in [0.5, 0.6) is 5.75 Å². The molecule has 0 aromatic heterocycles. The molecule has 3 rings (SSSR count). The molecule has 0 saturated carbocycles. The monoisotopic (exact) mass is 304 g/mol. The van der Waals surface area contributed by atoms with Gasteiger partial charge in [-0.05, 0) is 25.5 Å². The van der Waals surface area contributed by atoms with Gasteiger partial charge in [0.15, 0.2) is 0 Å². The fourth-order valence-electron chi connectivity index (χ4n) is 3.18. The van der Waals surface area contributed by atoms with E-state index in [9.17, 15) is 14.7 Å². The molecule has 0 radical (unpaired) electrons. The molecule has 2 heterocycles. The van der Waals surface area contributed by atoms with E-state index in [1.807, 2.05) is 0 Å². The first-order chi connectivity index (χ1) is 10.4. The smallest absolute Gasteiger partial charge is 0.254 e. The van der Waals surface area contributed by atoms with Crippen LogP contribution in [0.15, 0.2) is 18.2 Å². The zero-order valence-corrected chi connectivity index (χ0v) is 12.8. The molecule has 1 unspecified atom stereocenters. The van der Waals surface area contributed by atoms with Gasteiger partial charge in [-0.15, -0.1) is 0 Å². The fourth-order valence-corrected chi connectivity index (χ4v) is 3.18. The minimum atomic E-state index is -0.455. The third-order valence-electron chi connectivity index (χ3n) is 4.59. The van der Waals surface area contributed by atoms with Crippen LogP contribution in [0.4, 0.5) is 0 Å². The number of carbonyl (C=O) groups excluding carboxylic acids is 2. The predicted molar refractivity (Wildman–Crippen MR) is 79.7 cm³/mol. The number of rotatable bonds is 1. The van der Waals surface area contributed by atoms with Crippen molar-refractivity contribution in [3.05, 3.63) is 29.3 Å². The minimum absolute atomic E-state index is 0.0285. The lowest BCUT2D eigenvalue weighted by molar-refractivity contribution is -0.158. The van der Waals surface area contributed by atoms with Gasteiger partial charge < -0.3 is 19.6 Å². The van der Waals surface area contributed by atoms with Crippen molar-refractivity contribution in [3.63, 3.8) is 0 Å². The number of phenolic OH excluding ortho intramolecular Hbond substituents is 1. The van der Waals surface area contributed by atoms with E-state index >= 15 is 0 Å². The maximum absolute atomic E-state index is 12.7. The molecule has 22 heavy (non-hydrogen) atoms. The molecule has 1 atom stereocenters. The Labute approximate surface area is 129 Å². The number of nitrogens with zero attached hydrogens (tertiary/aromatic N) is 2. The first-order valence-corrected chi connectivity index (χ1v) is 7.38. The van der Waals surface area contributed by atoms with Crippen LogP contribution < -0.4 is 0 Å². The summed E-state index contributed by atoms with van der Waals surface area (Å²) in [6, 6.07) is 4.97. The van der Waals surface area contributed by atoms with Crippen LogP contribution in [-0.2, 0) is 9.53 Å². The number of phenols is 1. The Hall–Kier alpha value is -2.08. The van der Waals surface area contributed by atoms with Crippen molar-refractivity contribution in [2.75, 3.05) is 33.3 Å². The molecule has 2 fully saturated rings. The van der Waals surface area contributed by atoms with E-state index in [0.29, 0.717) is 37.2 Å². The summed E-state index contributed by atoms with van der Waals surface area (Å²) in [6.07, 6.45) is 0.716. The molecule has 6 nitrogen and oxygen atoms in total. The van der Waals surface area contributed by atoms with Crippen molar-refractivity contribution in [1.29, 1.82) is 0 Å². The normalized spacial score (nSPS) is 25.1. The molecule has 2 aliphatic rings. The highest BCUT2D eigenvalue weighted by atomic mass is 16.5. The van der Waals surface area contributed by atoms with Gasteiger partial charge in [-0.1, -0.05) is 6.07 Å². The fraction of sp³-hybridized carbons (Fsp3) is 0.500. The average molecular weight is 304 g/mol. The molecular weight excluding hydrogens is 284 g/mol. The summed E-state index contributed by atoms with van der Waals surface area (Å²) in [4.78, 5) is 27.6. The SMILES string of the molecule is Cc1c(O)cccc1C(=O)N1CCC2(CN(C)C(=O)CO2)C1. The van der Waals surface area contributed by atoms with E-state index in [1.54, 1.807) is 42.0 Å². The van der Waals surface area contributed by atoms with Crippen LogP contribution in [0.2, 0.25) is 0 Å². The second-order valence-corrected chi connectivity index (χ2v) is 6.15. The van der Waals surface area contributed by atoms with Crippen LogP contribution in [0.25, 0.3) is 0 Å². The lowest BCUT2D eigenvalue weighted by atomic mass is 10.0. The van der Waals surface area contributed by atoms with E-state index in [2.05, 4.69) is 0 Å². The van der Waals surface area contributed by atoms with Crippen molar-refractivity contribution in [3.8, 4) is 5.75 Å². The molecule has 1 aromatic rings. The van der Waals surface area contributed by atoms with E-state index in [1.165, 1.54) is 0 Å². The van der Waals surface area contributed by atoms with E-state index in [4.69, 9.17) is 4.74 Å². The molecule has 1 spiro atoms. The Kier molecular flexibility index (Phi) is 3.56. The van der Waals surface area contributed by atoms with Gasteiger partial charge in [-0.3, -0.25) is 9.59 Å². The van der Waals surface area contributed by atoms with Gasteiger partial charge in [0.2, 0.25) is 5.91 Å². The number of hydrogen-bond donors (Lipinski definition) is 1.